The van der Waals surface area contributed by atoms with E-state index in [4.69, 9.17) is 9.52 Å². The molecule has 5 rings (SSSR count). The fourth-order valence-corrected chi connectivity index (χ4v) is 2.60. The average molecular weight is 415 g/mol. The van der Waals surface area contributed by atoms with Gasteiger partial charge < -0.3 is 20.8 Å². The number of oxazole rings is 1. The number of phenols is 2. The van der Waals surface area contributed by atoms with Gasteiger partial charge in [-0.25, -0.2) is 4.98 Å². The first kappa shape index (κ1) is 23.2. The van der Waals surface area contributed by atoms with Gasteiger partial charge in [0.15, 0.2) is 5.58 Å². The van der Waals surface area contributed by atoms with E-state index in [9.17, 15) is 5.11 Å². The van der Waals surface area contributed by atoms with Gasteiger partial charge in [-0.2, -0.15) is 0 Å². The van der Waals surface area contributed by atoms with Crippen molar-refractivity contribution < 1.29 is 14.6 Å². The number of rotatable bonds is 1. The minimum Gasteiger partial charge on any atom is -0.508 e. The molecule has 5 nitrogen and oxygen atoms in total. The number of hydrogen-bond donors (Lipinski definition) is 3. The first-order chi connectivity index (χ1) is 14.6. The van der Waals surface area contributed by atoms with Crippen LogP contribution in [0.25, 0.3) is 22.6 Å². The Balaban J connectivity index is 0.000000190. The van der Waals surface area contributed by atoms with Crippen molar-refractivity contribution in [3.63, 3.8) is 0 Å². The third-order valence-corrected chi connectivity index (χ3v) is 4.12. The first-order valence-corrected chi connectivity index (χ1v) is 9.53. The lowest BCUT2D eigenvalue weighted by Crippen LogP contribution is -1.77. The predicted octanol–water partition coefficient (Wildman–Crippen LogP) is 6.75. The summed E-state index contributed by atoms with van der Waals surface area (Å²) in [5, 5.41) is 18.3. The molecule has 0 aliphatic carbocycles. The van der Waals surface area contributed by atoms with Crippen LogP contribution in [-0.4, -0.2) is 15.2 Å². The van der Waals surface area contributed by atoms with Crippen LogP contribution < -0.4 is 6.15 Å². The second kappa shape index (κ2) is 11.8. The van der Waals surface area contributed by atoms with Crippen molar-refractivity contribution in [2.45, 2.75) is 6.92 Å². The van der Waals surface area contributed by atoms with Crippen molar-refractivity contribution in [3.8, 4) is 23.0 Å². The Hall–Kier alpha value is -4.09. The Kier molecular flexibility index (Phi) is 8.83. The zero-order chi connectivity index (χ0) is 21.2. The zero-order valence-corrected chi connectivity index (χ0v) is 17.3. The van der Waals surface area contributed by atoms with Crippen LogP contribution in [0.2, 0.25) is 0 Å². The van der Waals surface area contributed by atoms with Crippen LogP contribution in [0.1, 0.15) is 5.56 Å². The summed E-state index contributed by atoms with van der Waals surface area (Å²) in [6, 6.07) is 33.5. The van der Waals surface area contributed by atoms with Crippen LogP contribution in [0.15, 0.2) is 114 Å². The van der Waals surface area contributed by atoms with Crippen molar-refractivity contribution in [3.05, 3.63) is 115 Å². The number of fused-ring (bicyclic) bond motifs is 1. The van der Waals surface area contributed by atoms with Gasteiger partial charge in [0.1, 0.15) is 17.0 Å². The molecular formula is C26H26N2O3. The highest BCUT2D eigenvalue weighted by Gasteiger charge is 2.10. The number of para-hydroxylation sites is 4. The monoisotopic (exact) mass is 414 g/mol. The number of benzene rings is 4. The van der Waals surface area contributed by atoms with Gasteiger partial charge in [0, 0.05) is 0 Å². The fraction of sp³-hybridized carbons (Fsp3) is 0.0385. The quantitative estimate of drug-likeness (QED) is 0.282. The van der Waals surface area contributed by atoms with Crippen LogP contribution in [0, 0.1) is 6.92 Å². The zero-order valence-electron chi connectivity index (χ0n) is 17.3. The smallest absolute Gasteiger partial charge is 0.231 e. The normalized spacial score (nSPS) is 9.45. The second-order valence-electron chi connectivity index (χ2n) is 6.49. The molecule has 5 aromatic rings. The lowest BCUT2D eigenvalue weighted by molar-refractivity contribution is 0.474. The highest BCUT2D eigenvalue weighted by Crippen LogP contribution is 2.30. The van der Waals surface area contributed by atoms with E-state index in [-0.39, 0.29) is 11.9 Å². The molecule has 0 spiro atoms. The van der Waals surface area contributed by atoms with Gasteiger partial charge in [-0.3, -0.25) is 0 Å². The Morgan fingerprint density at radius 1 is 0.645 bits per heavy atom. The summed E-state index contributed by atoms with van der Waals surface area (Å²) >= 11 is 0. The molecule has 5 heteroatoms. The van der Waals surface area contributed by atoms with Crippen molar-refractivity contribution in [1.82, 2.24) is 11.1 Å². The summed E-state index contributed by atoms with van der Waals surface area (Å²) in [7, 11) is 0. The summed E-state index contributed by atoms with van der Waals surface area (Å²) in [6.07, 6.45) is 0. The number of nitrogens with zero attached hydrogens (tertiary/aromatic N) is 1. The van der Waals surface area contributed by atoms with Crippen LogP contribution >= 0.6 is 0 Å². The third-order valence-electron chi connectivity index (χ3n) is 4.12. The van der Waals surface area contributed by atoms with Gasteiger partial charge in [0.2, 0.25) is 5.89 Å². The molecule has 0 aliphatic heterocycles. The molecule has 1 heterocycles. The molecule has 5 N–H and O–H groups in total. The molecule has 158 valence electrons. The van der Waals surface area contributed by atoms with Gasteiger partial charge in [-0.1, -0.05) is 78.4 Å². The van der Waals surface area contributed by atoms with Crippen LogP contribution in [0.4, 0.5) is 0 Å². The summed E-state index contributed by atoms with van der Waals surface area (Å²) in [5.41, 5.74) is 3.45. The Morgan fingerprint density at radius 2 is 1.19 bits per heavy atom. The molecule has 0 atom stereocenters. The van der Waals surface area contributed by atoms with Crippen LogP contribution in [-0.2, 0) is 0 Å². The molecular weight excluding hydrogens is 388 g/mol. The summed E-state index contributed by atoms with van der Waals surface area (Å²) in [4.78, 5) is 4.32. The van der Waals surface area contributed by atoms with E-state index in [1.165, 1.54) is 5.56 Å². The predicted molar refractivity (Wildman–Crippen MR) is 125 cm³/mol. The Labute approximate surface area is 181 Å². The molecule has 4 aromatic carbocycles. The topological polar surface area (TPSA) is 101 Å². The molecule has 0 saturated carbocycles. The first-order valence-electron chi connectivity index (χ1n) is 9.53. The molecule has 1 aromatic heterocycles. The van der Waals surface area contributed by atoms with E-state index in [2.05, 4.69) is 24.0 Å². The largest absolute Gasteiger partial charge is 0.508 e. The fourth-order valence-electron chi connectivity index (χ4n) is 2.60. The maximum Gasteiger partial charge on any atom is 0.231 e. The van der Waals surface area contributed by atoms with E-state index >= 15 is 0 Å². The molecule has 0 bridgehead atoms. The summed E-state index contributed by atoms with van der Waals surface area (Å²) < 4.78 is 5.56. The highest BCUT2D eigenvalue weighted by molar-refractivity contribution is 5.77. The van der Waals surface area contributed by atoms with Gasteiger partial charge in [-0.05, 0) is 43.3 Å². The van der Waals surface area contributed by atoms with E-state index in [1.54, 1.807) is 42.5 Å². The third kappa shape index (κ3) is 7.03. The SMILES string of the molecule is Cc1ccccc1.N.Oc1ccccc1.Oc1ccccc1-c1nc2ccccc2o1. The van der Waals surface area contributed by atoms with Gasteiger partial charge in [0.25, 0.3) is 0 Å². The summed E-state index contributed by atoms with van der Waals surface area (Å²) in [5.74, 6) is 0.941. The van der Waals surface area contributed by atoms with Gasteiger partial charge in [-0.15, -0.1) is 0 Å². The van der Waals surface area contributed by atoms with Gasteiger partial charge in [0.05, 0.1) is 5.56 Å². The standard InChI is InChI=1S/C13H9NO2.C7H8.C6H6O.H3N/c15-11-7-3-1-5-9(11)13-14-10-6-2-4-8-12(10)16-13;1-7-5-3-2-4-6-7;7-6-4-2-1-3-5-6;/h1-8,15H;2-6H,1H3;1-5,7H;1H3. The lowest BCUT2D eigenvalue weighted by atomic mass is 10.2. The van der Waals surface area contributed by atoms with Gasteiger partial charge >= 0.3 is 0 Å². The van der Waals surface area contributed by atoms with E-state index in [0.29, 0.717) is 17.2 Å². The lowest BCUT2D eigenvalue weighted by Gasteiger charge is -1.97. The average Bonchev–Trinajstić information content (AvgIpc) is 3.20. The van der Waals surface area contributed by atoms with E-state index < -0.39 is 0 Å². The van der Waals surface area contributed by atoms with Crippen LogP contribution in [0.3, 0.4) is 0 Å². The van der Waals surface area contributed by atoms with Crippen molar-refractivity contribution in [2.75, 3.05) is 0 Å². The summed E-state index contributed by atoms with van der Waals surface area (Å²) in [6.45, 7) is 2.08. The molecule has 0 unspecified atom stereocenters. The number of hydrogen-bond acceptors (Lipinski definition) is 5. The highest BCUT2D eigenvalue weighted by atomic mass is 16.3. The molecule has 0 amide bonds. The maximum absolute atomic E-state index is 9.69. The maximum atomic E-state index is 9.69. The number of phenolic OH excluding ortho intramolecular Hbond substituents is 2. The Morgan fingerprint density at radius 3 is 1.71 bits per heavy atom. The minimum absolute atomic E-state index is 0. The van der Waals surface area contributed by atoms with Crippen LogP contribution in [0.5, 0.6) is 11.5 Å². The van der Waals surface area contributed by atoms with Crippen molar-refractivity contribution >= 4 is 11.1 Å². The molecule has 0 aliphatic rings. The molecule has 0 fully saturated rings. The number of aryl methyl sites for hydroxylation is 1. The second-order valence-corrected chi connectivity index (χ2v) is 6.49. The number of aromatic hydroxyl groups is 2. The molecule has 0 saturated heterocycles. The minimum atomic E-state index is 0. The van der Waals surface area contributed by atoms with E-state index in [1.807, 2.05) is 54.6 Å². The molecule has 31 heavy (non-hydrogen) atoms. The number of aromatic nitrogens is 1. The Bertz CT molecular complexity index is 1100. The van der Waals surface area contributed by atoms with Crippen molar-refractivity contribution in [2.24, 2.45) is 0 Å². The van der Waals surface area contributed by atoms with E-state index in [0.717, 1.165) is 11.1 Å². The van der Waals surface area contributed by atoms with Crippen molar-refractivity contribution in [1.29, 1.82) is 0 Å². The molecule has 0 radical (unpaired) electrons.